The third kappa shape index (κ3) is 2.67. The van der Waals surface area contributed by atoms with Crippen LogP contribution in [0.1, 0.15) is 12.5 Å². The zero-order valence-corrected chi connectivity index (χ0v) is 12.5. The van der Waals surface area contributed by atoms with Crippen LogP contribution in [0.15, 0.2) is 23.1 Å². The van der Waals surface area contributed by atoms with E-state index in [1.54, 1.807) is 0 Å². The average Bonchev–Trinajstić information content (AvgIpc) is 2.80. The Morgan fingerprint density at radius 1 is 1.50 bits per heavy atom. The minimum absolute atomic E-state index is 0.0265. The predicted octanol–water partition coefficient (Wildman–Crippen LogP) is 1.46. The van der Waals surface area contributed by atoms with Gasteiger partial charge in [-0.2, -0.15) is 9.57 Å². The summed E-state index contributed by atoms with van der Waals surface area (Å²) in [6.45, 7) is 2.58. The molecule has 1 fully saturated rings. The van der Waals surface area contributed by atoms with Crippen LogP contribution in [0, 0.1) is 23.2 Å². The van der Waals surface area contributed by atoms with Gasteiger partial charge in [0, 0.05) is 19.7 Å². The largest absolute Gasteiger partial charge is 0.396 e. The normalized spacial score (nSPS) is 23.7. The van der Waals surface area contributed by atoms with Gasteiger partial charge in [0.15, 0.2) is 0 Å². The monoisotopic (exact) mass is 314 g/mol. The minimum atomic E-state index is -3.63. The summed E-state index contributed by atoms with van der Waals surface area (Å²) < 4.78 is 26.3. The second-order valence-corrected chi connectivity index (χ2v) is 7.34. The zero-order valence-electron chi connectivity index (χ0n) is 11.0. The van der Waals surface area contributed by atoms with E-state index >= 15 is 0 Å². The van der Waals surface area contributed by atoms with E-state index in [0.29, 0.717) is 13.1 Å². The Balaban J connectivity index is 2.32. The Morgan fingerprint density at radius 3 is 2.70 bits per heavy atom. The van der Waals surface area contributed by atoms with Gasteiger partial charge in [-0.25, -0.2) is 8.42 Å². The quantitative estimate of drug-likeness (QED) is 0.915. The summed E-state index contributed by atoms with van der Waals surface area (Å²) in [5.41, 5.74) is 0.244. The van der Waals surface area contributed by atoms with Gasteiger partial charge in [0.1, 0.15) is 6.07 Å². The number of nitrogens with zero attached hydrogens (tertiary/aromatic N) is 2. The molecule has 2 atom stereocenters. The van der Waals surface area contributed by atoms with Crippen LogP contribution < -0.4 is 0 Å². The highest BCUT2D eigenvalue weighted by molar-refractivity contribution is 7.89. The van der Waals surface area contributed by atoms with Crippen molar-refractivity contribution in [1.29, 1.82) is 5.26 Å². The molecule has 108 valence electrons. The molecule has 5 nitrogen and oxygen atoms in total. The van der Waals surface area contributed by atoms with E-state index in [2.05, 4.69) is 0 Å². The van der Waals surface area contributed by atoms with Gasteiger partial charge in [-0.05, 0) is 30.0 Å². The molecule has 1 aliphatic rings. The summed E-state index contributed by atoms with van der Waals surface area (Å²) in [6, 6.07) is 5.98. The number of aliphatic hydroxyl groups excluding tert-OH is 1. The van der Waals surface area contributed by atoms with Crippen LogP contribution >= 0.6 is 11.6 Å². The predicted molar refractivity (Wildman–Crippen MR) is 74.7 cm³/mol. The van der Waals surface area contributed by atoms with Crippen LogP contribution in [0.3, 0.4) is 0 Å². The molecule has 0 radical (unpaired) electrons. The van der Waals surface area contributed by atoms with E-state index in [0.717, 1.165) is 0 Å². The molecule has 20 heavy (non-hydrogen) atoms. The highest BCUT2D eigenvalue weighted by atomic mass is 35.5. The van der Waals surface area contributed by atoms with E-state index in [9.17, 15) is 13.5 Å². The summed E-state index contributed by atoms with van der Waals surface area (Å²) >= 11 is 5.88. The number of hydrogen-bond donors (Lipinski definition) is 1. The smallest absolute Gasteiger partial charge is 0.243 e. The molecule has 0 saturated carbocycles. The van der Waals surface area contributed by atoms with Crippen LogP contribution in [0.25, 0.3) is 0 Å². The first kappa shape index (κ1) is 15.3. The number of aliphatic hydroxyl groups is 1. The maximum Gasteiger partial charge on any atom is 0.243 e. The molecule has 0 aromatic heterocycles. The highest BCUT2D eigenvalue weighted by Gasteiger charge is 2.36. The number of rotatable bonds is 3. The van der Waals surface area contributed by atoms with Crippen LogP contribution in [-0.4, -0.2) is 37.5 Å². The molecule has 0 unspecified atom stereocenters. The molecule has 0 spiro atoms. The lowest BCUT2D eigenvalue weighted by Crippen LogP contribution is -2.29. The molecule has 0 aliphatic carbocycles. The van der Waals surface area contributed by atoms with Crippen LogP contribution in [0.5, 0.6) is 0 Å². The van der Waals surface area contributed by atoms with Crippen molar-refractivity contribution < 1.29 is 13.5 Å². The number of benzene rings is 1. The molecule has 0 amide bonds. The molecule has 2 rings (SSSR count). The van der Waals surface area contributed by atoms with E-state index in [4.69, 9.17) is 16.9 Å². The summed E-state index contributed by atoms with van der Waals surface area (Å²) in [7, 11) is -3.63. The molecule has 1 aliphatic heterocycles. The van der Waals surface area contributed by atoms with Gasteiger partial charge >= 0.3 is 0 Å². The van der Waals surface area contributed by atoms with E-state index < -0.39 is 10.0 Å². The van der Waals surface area contributed by atoms with Gasteiger partial charge in [0.05, 0.1) is 15.5 Å². The first-order valence-corrected chi connectivity index (χ1v) is 8.02. The summed E-state index contributed by atoms with van der Waals surface area (Å²) in [5.74, 6) is 0.0715. The summed E-state index contributed by atoms with van der Waals surface area (Å²) in [4.78, 5) is 0.0762. The van der Waals surface area contributed by atoms with Gasteiger partial charge in [0.2, 0.25) is 10.0 Å². The third-order valence-corrected chi connectivity index (χ3v) is 5.81. The number of halogens is 1. The Kier molecular flexibility index (Phi) is 4.35. The fourth-order valence-corrected chi connectivity index (χ4v) is 4.23. The van der Waals surface area contributed by atoms with Crippen LogP contribution in [-0.2, 0) is 10.0 Å². The van der Waals surface area contributed by atoms with Gasteiger partial charge in [-0.1, -0.05) is 18.5 Å². The standard InChI is InChI=1S/C13H15ClN2O3S/c1-9-6-16(7-11(9)8-17)20(18,19)12-3-2-10(5-15)13(14)4-12/h2-4,9,11,17H,6-8H2,1H3/t9-,11+/m1/s1. The fraction of sp³-hybridized carbons (Fsp3) is 0.462. The van der Waals surface area contributed by atoms with Crippen molar-refractivity contribution in [3.63, 3.8) is 0 Å². The highest BCUT2D eigenvalue weighted by Crippen LogP contribution is 2.29. The second kappa shape index (κ2) is 5.70. The minimum Gasteiger partial charge on any atom is -0.396 e. The first-order valence-electron chi connectivity index (χ1n) is 6.20. The SMILES string of the molecule is C[C@@H]1CN(S(=O)(=O)c2ccc(C#N)c(Cl)c2)C[C@H]1CO. The molecule has 0 bridgehead atoms. The number of nitriles is 1. The van der Waals surface area contributed by atoms with Gasteiger partial charge in [-0.15, -0.1) is 0 Å². The maximum absolute atomic E-state index is 12.5. The topological polar surface area (TPSA) is 81.4 Å². The van der Waals surface area contributed by atoms with Gasteiger partial charge < -0.3 is 5.11 Å². The van der Waals surface area contributed by atoms with E-state index in [1.807, 2.05) is 13.0 Å². The molecule has 1 aromatic carbocycles. The van der Waals surface area contributed by atoms with Crippen molar-refractivity contribution >= 4 is 21.6 Å². The van der Waals surface area contributed by atoms with Crippen LogP contribution in [0.2, 0.25) is 5.02 Å². The van der Waals surface area contributed by atoms with Gasteiger partial charge in [-0.3, -0.25) is 0 Å². The van der Waals surface area contributed by atoms with Crippen molar-refractivity contribution in [3.8, 4) is 6.07 Å². The fourth-order valence-electron chi connectivity index (χ4n) is 2.32. The molecule has 7 heteroatoms. The van der Waals surface area contributed by atoms with Crippen LogP contribution in [0.4, 0.5) is 0 Å². The van der Waals surface area contributed by atoms with Crippen molar-refractivity contribution in [2.24, 2.45) is 11.8 Å². The Labute approximate surface area is 123 Å². The number of sulfonamides is 1. The van der Waals surface area contributed by atoms with Crippen molar-refractivity contribution in [1.82, 2.24) is 4.31 Å². The Bertz CT molecular complexity index is 654. The van der Waals surface area contributed by atoms with E-state index in [-0.39, 0.29) is 33.9 Å². The third-order valence-electron chi connectivity index (χ3n) is 3.67. The molecule has 1 heterocycles. The Hall–Kier alpha value is -1.13. The van der Waals surface area contributed by atoms with E-state index in [1.165, 1.54) is 22.5 Å². The second-order valence-electron chi connectivity index (χ2n) is 5.00. The molecule has 1 N–H and O–H groups in total. The molecular formula is C13H15ClN2O3S. The van der Waals surface area contributed by atoms with Gasteiger partial charge in [0.25, 0.3) is 0 Å². The summed E-state index contributed by atoms with van der Waals surface area (Å²) in [6.07, 6.45) is 0. The summed E-state index contributed by atoms with van der Waals surface area (Å²) in [5, 5.41) is 18.2. The molecule has 1 saturated heterocycles. The number of hydrogen-bond acceptors (Lipinski definition) is 4. The van der Waals surface area contributed by atoms with Crippen molar-refractivity contribution in [2.75, 3.05) is 19.7 Å². The lowest BCUT2D eigenvalue weighted by atomic mass is 10.00. The average molecular weight is 315 g/mol. The molecular weight excluding hydrogens is 300 g/mol. The zero-order chi connectivity index (χ0) is 14.9. The molecule has 1 aromatic rings. The van der Waals surface area contributed by atoms with Crippen molar-refractivity contribution in [3.05, 3.63) is 28.8 Å². The maximum atomic E-state index is 12.5. The lowest BCUT2D eigenvalue weighted by Gasteiger charge is -2.16. The van der Waals surface area contributed by atoms with Crippen molar-refractivity contribution in [2.45, 2.75) is 11.8 Å². The first-order chi connectivity index (χ1) is 9.40. The Morgan fingerprint density at radius 2 is 2.20 bits per heavy atom. The lowest BCUT2D eigenvalue weighted by molar-refractivity contribution is 0.210.